The van der Waals surface area contributed by atoms with Gasteiger partial charge in [-0.25, -0.2) is 4.98 Å². The first-order valence-electron chi connectivity index (χ1n) is 5.87. The van der Waals surface area contributed by atoms with Crippen LogP contribution in [-0.4, -0.2) is 19.6 Å². The largest absolute Gasteiger partial charge is 0.382 e. The number of aliphatic hydroxyl groups excluding tert-OH is 1. The molecule has 1 unspecified atom stereocenters. The Balaban J connectivity index is 1.95. The third-order valence-corrected chi connectivity index (χ3v) is 3.13. The summed E-state index contributed by atoms with van der Waals surface area (Å²) in [5.74, 6) is 0. The van der Waals surface area contributed by atoms with E-state index in [-0.39, 0.29) is 0 Å². The van der Waals surface area contributed by atoms with E-state index in [9.17, 15) is 5.11 Å². The minimum atomic E-state index is -0.634. The summed E-state index contributed by atoms with van der Waals surface area (Å²) in [7, 11) is 0. The van der Waals surface area contributed by atoms with E-state index in [1.165, 1.54) is 12.8 Å². The summed E-state index contributed by atoms with van der Waals surface area (Å²) >= 11 is 0. The van der Waals surface area contributed by atoms with Gasteiger partial charge in [0.15, 0.2) is 0 Å². The van der Waals surface area contributed by atoms with E-state index in [0.717, 1.165) is 16.8 Å². The molecule has 0 aliphatic heterocycles. The summed E-state index contributed by atoms with van der Waals surface area (Å²) in [5, 5.41) is 10.4. The number of pyridine rings is 1. The summed E-state index contributed by atoms with van der Waals surface area (Å²) in [6.45, 7) is 1.97. The maximum Gasteiger partial charge on any atom is 0.122 e. The van der Waals surface area contributed by atoms with Crippen LogP contribution in [0.25, 0.3) is 0 Å². The van der Waals surface area contributed by atoms with Gasteiger partial charge in [-0.15, -0.1) is 0 Å². The van der Waals surface area contributed by atoms with Crippen LogP contribution in [0, 0.1) is 6.92 Å². The van der Waals surface area contributed by atoms with Gasteiger partial charge in [0.1, 0.15) is 6.10 Å². The minimum Gasteiger partial charge on any atom is -0.382 e. The normalized spacial score (nSPS) is 17.1. The van der Waals surface area contributed by atoms with Crippen LogP contribution in [0.2, 0.25) is 0 Å². The van der Waals surface area contributed by atoms with Crippen molar-refractivity contribution in [2.75, 3.05) is 0 Å². The lowest BCUT2D eigenvalue weighted by Gasteiger charge is -2.13. The van der Waals surface area contributed by atoms with Gasteiger partial charge in [-0.3, -0.25) is 4.98 Å². The highest BCUT2D eigenvalue weighted by molar-refractivity contribution is 5.26. The highest BCUT2D eigenvalue weighted by atomic mass is 16.3. The molecule has 0 bridgehead atoms. The summed E-state index contributed by atoms with van der Waals surface area (Å²) in [6.07, 6.45) is 8.77. The molecule has 1 atom stereocenters. The molecule has 17 heavy (non-hydrogen) atoms. The molecule has 1 saturated carbocycles. The first-order chi connectivity index (χ1) is 8.25. The van der Waals surface area contributed by atoms with Crippen LogP contribution in [0.5, 0.6) is 0 Å². The first-order valence-corrected chi connectivity index (χ1v) is 5.87. The Labute approximate surface area is 100.0 Å². The van der Waals surface area contributed by atoms with Crippen molar-refractivity contribution in [1.82, 2.24) is 14.5 Å². The highest BCUT2D eigenvalue weighted by Gasteiger charge is 2.27. The van der Waals surface area contributed by atoms with Crippen molar-refractivity contribution in [1.29, 1.82) is 0 Å². The number of hydrogen-bond acceptors (Lipinski definition) is 3. The number of aliphatic hydroxyl groups is 1. The molecule has 1 N–H and O–H groups in total. The van der Waals surface area contributed by atoms with E-state index in [0.29, 0.717) is 6.04 Å². The number of imidazole rings is 1. The quantitative estimate of drug-likeness (QED) is 0.875. The minimum absolute atomic E-state index is 0.528. The molecule has 1 aliphatic rings. The van der Waals surface area contributed by atoms with Gasteiger partial charge < -0.3 is 9.67 Å². The molecule has 4 heteroatoms. The average Bonchev–Trinajstić information content (AvgIpc) is 3.06. The molecule has 2 aromatic rings. The van der Waals surface area contributed by atoms with Gasteiger partial charge >= 0.3 is 0 Å². The lowest BCUT2D eigenvalue weighted by atomic mass is 10.1. The average molecular weight is 229 g/mol. The number of aryl methyl sites for hydroxylation is 1. The monoisotopic (exact) mass is 229 g/mol. The summed E-state index contributed by atoms with van der Waals surface area (Å²) < 4.78 is 2.08. The fourth-order valence-electron chi connectivity index (χ4n) is 2.08. The number of nitrogens with zero attached hydrogens (tertiary/aromatic N) is 3. The van der Waals surface area contributed by atoms with Crippen LogP contribution in [0.1, 0.15) is 41.8 Å². The van der Waals surface area contributed by atoms with E-state index in [1.54, 1.807) is 24.9 Å². The van der Waals surface area contributed by atoms with Crippen LogP contribution < -0.4 is 0 Å². The van der Waals surface area contributed by atoms with Gasteiger partial charge in [0.25, 0.3) is 0 Å². The molecule has 2 heterocycles. The fourth-order valence-corrected chi connectivity index (χ4v) is 2.08. The molecule has 88 valence electrons. The van der Waals surface area contributed by atoms with Crippen LogP contribution >= 0.6 is 0 Å². The molecule has 0 amide bonds. The van der Waals surface area contributed by atoms with Crippen molar-refractivity contribution in [3.05, 3.63) is 47.8 Å². The Morgan fingerprint density at radius 2 is 2.12 bits per heavy atom. The van der Waals surface area contributed by atoms with Crippen LogP contribution in [0.15, 0.2) is 31.0 Å². The topological polar surface area (TPSA) is 50.9 Å². The van der Waals surface area contributed by atoms with Crippen LogP contribution in [-0.2, 0) is 0 Å². The second-order valence-electron chi connectivity index (χ2n) is 4.66. The predicted octanol–water partition coefficient (Wildman–Crippen LogP) is 2.00. The van der Waals surface area contributed by atoms with Gasteiger partial charge in [0, 0.05) is 24.0 Å². The molecule has 0 aromatic carbocycles. The second kappa shape index (κ2) is 3.96. The van der Waals surface area contributed by atoms with E-state index in [1.807, 2.05) is 13.0 Å². The molecule has 1 aliphatic carbocycles. The molecule has 3 rings (SSSR count). The van der Waals surface area contributed by atoms with Crippen molar-refractivity contribution in [3.8, 4) is 0 Å². The fraction of sp³-hybridized carbons (Fsp3) is 0.385. The van der Waals surface area contributed by atoms with Crippen LogP contribution in [0.3, 0.4) is 0 Å². The molecular formula is C13H15N3O. The van der Waals surface area contributed by atoms with Gasteiger partial charge in [-0.2, -0.15) is 0 Å². The zero-order valence-corrected chi connectivity index (χ0v) is 9.74. The van der Waals surface area contributed by atoms with Crippen molar-refractivity contribution in [3.63, 3.8) is 0 Å². The summed E-state index contributed by atoms with van der Waals surface area (Å²) in [5.41, 5.74) is 2.74. The van der Waals surface area contributed by atoms with E-state index in [4.69, 9.17) is 0 Å². The predicted molar refractivity (Wildman–Crippen MR) is 63.5 cm³/mol. The van der Waals surface area contributed by atoms with E-state index < -0.39 is 6.10 Å². The first kappa shape index (κ1) is 10.5. The van der Waals surface area contributed by atoms with Crippen molar-refractivity contribution in [2.24, 2.45) is 0 Å². The lowest BCUT2D eigenvalue weighted by Crippen LogP contribution is -2.07. The molecule has 0 spiro atoms. The molecule has 1 fully saturated rings. The Hall–Kier alpha value is -1.68. The van der Waals surface area contributed by atoms with Crippen molar-refractivity contribution in [2.45, 2.75) is 31.9 Å². The Morgan fingerprint density at radius 3 is 2.82 bits per heavy atom. The third-order valence-electron chi connectivity index (χ3n) is 3.13. The third kappa shape index (κ3) is 1.96. The molecule has 0 radical (unpaired) electrons. The second-order valence-corrected chi connectivity index (χ2v) is 4.66. The van der Waals surface area contributed by atoms with Crippen molar-refractivity contribution >= 4 is 0 Å². The highest BCUT2D eigenvalue weighted by Crippen LogP contribution is 2.37. The Morgan fingerprint density at radius 1 is 1.29 bits per heavy atom. The van der Waals surface area contributed by atoms with E-state index >= 15 is 0 Å². The maximum atomic E-state index is 10.4. The Kier molecular flexibility index (Phi) is 2.44. The standard InChI is InChI=1S/C13H15N3O/c1-9-4-10(6-14-5-9)13(17)12-7-15-8-16(12)11-2-3-11/h4-8,11,13,17H,2-3H2,1H3. The summed E-state index contributed by atoms with van der Waals surface area (Å²) in [4.78, 5) is 8.25. The number of aromatic nitrogens is 3. The maximum absolute atomic E-state index is 10.4. The molecule has 2 aromatic heterocycles. The van der Waals surface area contributed by atoms with Crippen molar-refractivity contribution < 1.29 is 5.11 Å². The van der Waals surface area contributed by atoms with Gasteiger partial charge in [-0.1, -0.05) is 6.07 Å². The summed E-state index contributed by atoms with van der Waals surface area (Å²) in [6, 6.07) is 2.49. The zero-order chi connectivity index (χ0) is 11.8. The lowest BCUT2D eigenvalue weighted by molar-refractivity contribution is 0.209. The van der Waals surface area contributed by atoms with Crippen LogP contribution in [0.4, 0.5) is 0 Å². The van der Waals surface area contributed by atoms with Gasteiger partial charge in [0.2, 0.25) is 0 Å². The zero-order valence-electron chi connectivity index (χ0n) is 9.74. The molecular weight excluding hydrogens is 214 g/mol. The molecule has 0 saturated heterocycles. The smallest absolute Gasteiger partial charge is 0.122 e. The Bertz CT molecular complexity index is 531. The van der Waals surface area contributed by atoms with E-state index in [2.05, 4.69) is 14.5 Å². The SMILES string of the molecule is Cc1cncc(C(O)c2cncn2C2CC2)c1. The van der Waals surface area contributed by atoms with Gasteiger partial charge in [-0.05, 0) is 25.3 Å². The molecule has 4 nitrogen and oxygen atoms in total. The number of rotatable bonds is 3. The number of hydrogen-bond donors (Lipinski definition) is 1. The van der Waals surface area contributed by atoms with Gasteiger partial charge in [0.05, 0.1) is 18.2 Å².